The highest BCUT2D eigenvalue weighted by Crippen LogP contribution is 2.25. The van der Waals surface area contributed by atoms with Crippen molar-refractivity contribution in [2.75, 3.05) is 6.54 Å². The summed E-state index contributed by atoms with van der Waals surface area (Å²) in [6.45, 7) is 7.88. The van der Waals surface area contributed by atoms with Gasteiger partial charge in [0.05, 0.1) is 6.04 Å². The minimum Gasteiger partial charge on any atom is -0.354 e. The maximum atomic E-state index is 13.2. The Hall–Kier alpha value is -3.27. The summed E-state index contributed by atoms with van der Waals surface area (Å²) in [4.78, 5) is 56.2. The largest absolute Gasteiger partial charge is 0.354 e. The number of carbonyl (C=O) groups excluding carboxylic acids is 4. The van der Waals surface area contributed by atoms with Crippen LogP contribution >= 0.6 is 11.3 Å². The van der Waals surface area contributed by atoms with Gasteiger partial charge in [0.1, 0.15) is 22.8 Å². The quantitative estimate of drug-likeness (QED) is 0.475. The van der Waals surface area contributed by atoms with Gasteiger partial charge in [-0.25, -0.2) is 4.98 Å². The van der Waals surface area contributed by atoms with Gasteiger partial charge in [0, 0.05) is 24.3 Å². The molecule has 1 aromatic heterocycles. The molecule has 0 spiro atoms. The molecule has 2 aromatic rings. The highest BCUT2D eigenvalue weighted by atomic mass is 32.1. The van der Waals surface area contributed by atoms with Crippen molar-refractivity contribution < 1.29 is 19.2 Å². The Balaban J connectivity index is 1.87. The van der Waals surface area contributed by atoms with E-state index in [0.717, 1.165) is 5.56 Å². The van der Waals surface area contributed by atoms with E-state index in [2.05, 4.69) is 26.3 Å². The molecule has 3 atom stereocenters. The molecular formula is C27H37N5O4S. The van der Waals surface area contributed by atoms with Gasteiger partial charge in [-0.15, -0.1) is 11.3 Å². The van der Waals surface area contributed by atoms with Crippen LogP contribution < -0.4 is 21.3 Å². The van der Waals surface area contributed by atoms with Crippen molar-refractivity contribution >= 4 is 35.0 Å². The van der Waals surface area contributed by atoms with Gasteiger partial charge < -0.3 is 21.3 Å². The summed E-state index contributed by atoms with van der Waals surface area (Å²) in [5.74, 6) is -1.45. The number of amides is 4. The number of hydrogen-bond donors (Lipinski definition) is 4. The number of nitrogens with zero attached hydrogens (tertiary/aromatic N) is 1. The van der Waals surface area contributed by atoms with E-state index in [0.29, 0.717) is 37.2 Å². The van der Waals surface area contributed by atoms with Gasteiger partial charge in [-0.3, -0.25) is 19.2 Å². The van der Waals surface area contributed by atoms with Crippen LogP contribution in [0.15, 0.2) is 35.7 Å². The van der Waals surface area contributed by atoms with Crippen molar-refractivity contribution in [3.05, 3.63) is 52.0 Å². The molecule has 37 heavy (non-hydrogen) atoms. The molecular weight excluding hydrogens is 490 g/mol. The fourth-order valence-corrected chi connectivity index (χ4v) is 5.03. The predicted molar refractivity (Wildman–Crippen MR) is 143 cm³/mol. The fourth-order valence-electron chi connectivity index (χ4n) is 4.01. The third-order valence-electron chi connectivity index (χ3n) is 6.27. The average molecular weight is 528 g/mol. The Morgan fingerprint density at radius 1 is 1.05 bits per heavy atom. The van der Waals surface area contributed by atoms with E-state index < -0.39 is 24.0 Å². The topological polar surface area (TPSA) is 129 Å². The zero-order valence-electron chi connectivity index (χ0n) is 21.9. The minimum atomic E-state index is -0.758. The second-order valence-corrected chi connectivity index (χ2v) is 10.9. The third-order valence-corrected chi connectivity index (χ3v) is 7.19. The van der Waals surface area contributed by atoms with Crippen LogP contribution in [0.1, 0.15) is 74.1 Å². The van der Waals surface area contributed by atoms with Crippen LogP contribution in [-0.2, 0) is 20.8 Å². The highest BCUT2D eigenvalue weighted by Gasteiger charge is 2.29. The molecule has 10 heteroatoms. The van der Waals surface area contributed by atoms with Crippen LogP contribution in [0.25, 0.3) is 0 Å². The second kappa shape index (κ2) is 13.3. The van der Waals surface area contributed by atoms with Crippen molar-refractivity contribution in [2.45, 2.75) is 71.5 Å². The number of benzene rings is 1. The first-order chi connectivity index (χ1) is 17.7. The van der Waals surface area contributed by atoms with E-state index in [-0.39, 0.29) is 35.3 Å². The molecule has 1 aliphatic rings. The molecule has 0 radical (unpaired) electrons. The van der Waals surface area contributed by atoms with E-state index in [9.17, 15) is 19.2 Å². The first-order valence-corrected chi connectivity index (χ1v) is 13.7. The van der Waals surface area contributed by atoms with Crippen LogP contribution in [0.3, 0.4) is 0 Å². The predicted octanol–water partition coefficient (Wildman–Crippen LogP) is 2.74. The van der Waals surface area contributed by atoms with E-state index in [1.54, 1.807) is 19.2 Å². The van der Waals surface area contributed by atoms with E-state index >= 15 is 0 Å². The number of thiazole rings is 1. The lowest BCUT2D eigenvalue weighted by atomic mass is 10.0. The second-order valence-electron chi connectivity index (χ2n) is 10.0. The fraction of sp³-hybridized carbons (Fsp3) is 0.519. The summed E-state index contributed by atoms with van der Waals surface area (Å²) >= 11 is 1.28. The monoisotopic (exact) mass is 527 g/mol. The van der Waals surface area contributed by atoms with Gasteiger partial charge in [0.2, 0.25) is 17.7 Å². The van der Waals surface area contributed by atoms with Crippen LogP contribution in [0.4, 0.5) is 0 Å². The van der Waals surface area contributed by atoms with Crippen LogP contribution in [0.2, 0.25) is 0 Å². The molecule has 4 amide bonds. The lowest BCUT2D eigenvalue weighted by molar-refractivity contribution is -0.131. The van der Waals surface area contributed by atoms with Crippen LogP contribution in [0, 0.1) is 11.8 Å². The molecule has 4 N–H and O–H groups in total. The summed E-state index contributed by atoms with van der Waals surface area (Å²) in [7, 11) is 0. The van der Waals surface area contributed by atoms with Crippen molar-refractivity contribution in [1.82, 2.24) is 26.3 Å². The Morgan fingerprint density at radius 3 is 2.46 bits per heavy atom. The summed E-state index contributed by atoms with van der Waals surface area (Å²) in [5.41, 5.74) is 1.13. The van der Waals surface area contributed by atoms with Gasteiger partial charge in [-0.2, -0.15) is 0 Å². The number of carbonyl (C=O) groups is 4. The Kier molecular flexibility index (Phi) is 10.2. The zero-order chi connectivity index (χ0) is 26.9. The van der Waals surface area contributed by atoms with Gasteiger partial charge in [-0.05, 0) is 30.7 Å². The number of fused-ring (bicyclic) bond motifs is 2. The third kappa shape index (κ3) is 8.11. The number of hydrogen-bond acceptors (Lipinski definition) is 6. The molecule has 3 rings (SSSR count). The molecule has 2 bridgehead atoms. The zero-order valence-corrected chi connectivity index (χ0v) is 22.7. The molecule has 2 heterocycles. The molecule has 1 aliphatic heterocycles. The van der Waals surface area contributed by atoms with Crippen LogP contribution in [-0.4, -0.2) is 47.2 Å². The highest BCUT2D eigenvalue weighted by molar-refractivity contribution is 7.09. The maximum absolute atomic E-state index is 13.2. The Labute approximate surface area is 222 Å². The molecule has 9 nitrogen and oxygen atoms in total. The molecule has 0 saturated heterocycles. The van der Waals surface area contributed by atoms with Gasteiger partial charge in [-0.1, -0.05) is 58.0 Å². The molecule has 0 unspecified atom stereocenters. The summed E-state index contributed by atoms with van der Waals surface area (Å²) in [6.07, 6.45) is 2.04. The number of nitrogens with one attached hydrogen (secondary N) is 4. The minimum absolute atomic E-state index is 0.00273. The smallest absolute Gasteiger partial charge is 0.271 e. The van der Waals surface area contributed by atoms with Crippen molar-refractivity contribution in [3.8, 4) is 0 Å². The van der Waals surface area contributed by atoms with E-state index in [4.69, 9.17) is 0 Å². The summed E-state index contributed by atoms with van der Waals surface area (Å²) in [6, 6.07) is 7.65. The standard InChI is InChI=1S/C27H37N5O4S/c1-16(2)22-27-31-21(15-37-27)26(36)30-20(14-18-10-6-5-7-11-18)24(34)28-13-9-8-12-19(25(35)32-22)29-23(33)17(3)4/h5-7,10-11,15-17,19-20,22H,8-9,12-14H2,1-4H3,(H,28,34)(H,29,33)(H,30,36)(H,32,35)/t19-,20+,22+/m0/s1. The SMILES string of the molecule is CC(C)C(=O)N[C@H]1CCCCNC(=O)[C@@H](Cc2ccccc2)NC(=O)c2csc(n2)[C@@H](C(C)C)NC1=O. The van der Waals surface area contributed by atoms with Gasteiger partial charge in [0.25, 0.3) is 5.91 Å². The van der Waals surface area contributed by atoms with Gasteiger partial charge in [0.15, 0.2) is 0 Å². The van der Waals surface area contributed by atoms with E-state index in [1.807, 2.05) is 44.2 Å². The summed E-state index contributed by atoms with van der Waals surface area (Å²) < 4.78 is 0. The lowest BCUT2D eigenvalue weighted by Crippen LogP contribution is -2.50. The molecule has 1 aromatic carbocycles. The summed E-state index contributed by atoms with van der Waals surface area (Å²) in [5, 5.41) is 13.9. The first-order valence-electron chi connectivity index (χ1n) is 12.8. The van der Waals surface area contributed by atoms with E-state index in [1.165, 1.54) is 11.3 Å². The lowest BCUT2D eigenvalue weighted by Gasteiger charge is -2.25. The average Bonchev–Trinajstić information content (AvgIpc) is 3.35. The van der Waals surface area contributed by atoms with Crippen molar-refractivity contribution in [2.24, 2.45) is 11.8 Å². The molecule has 0 aliphatic carbocycles. The Morgan fingerprint density at radius 2 is 1.78 bits per heavy atom. The normalized spacial score (nSPS) is 21.8. The van der Waals surface area contributed by atoms with Crippen molar-refractivity contribution in [1.29, 1.82) is 0 Å². The van der Waals surface area contributed by atoms with Crippen LogP contribution in [0.5, 0.6) is 0 Å². The Bertz CT molecular complexity index is 1090. The molecule has 200 valence electrons. The number of aromatic nitrogens is 1. The maximum Gasteiger partial charge on any atom is 0.271 e. The first kappa shape index (κ1) is 28.3. The molecule has 0 saturated carbocycles. The van der Waals surface area contributed by atoms with Gasteiger partial charge >= 0.3 is 0 Å². The molecule has 0 fully saturated rings. The van der Waals surface area contributed by atoms with Crippen molar-refractivity contribution in [3.63, 3.8) is 0 Å². The number of rotatable bonds is 5.